The predicted octanol–water partition coefficient (Wildman–Crippen LogP) is 2.48. The van der Waals surface area contributed by atoms with E-state index in [-0.39, 0.29) is 11.9 Å². The Kier molecular flexibility index (Phi) is 3.28. The van der Waals surface area contributed by atoms with E-state index in [2.05, 4.69) is 0 Å². The summed E-state index contributed by atoms with van der Waals surface area (Å²) in [6, 6.07) is 7.92. The van der Waals surface area contributed by atoms with Crippen LogP contribution in [0.2, 0.25) is 0 Å². The fourth-order valence-corrected chi connectivity index (χ4v) is 1.22. The van der Waals surface area contributed by atoms with Crippen LogP contribution < -0.4 is 0 Å². The zero-order chi connectivity index (χ0) is 10.7. The number of carbonyl (C=O) groups excluding carboxylic acids is 1. The third-order valence-electron chi connectivity index (χ3n) is 2.36. The van der Waals surface area contributed by atoms with Crippen LogP contribution in [0.3, 0.4) is 0 Å². The summed E-state index contributed by atoms with van der Waals surface area (Å²) in [5.74, 6) is 0.0868. The van der Waals surface area contributed by atoms with E-state index < -0.39 is 0 Å². The molecule has 2 nitrogen and oxygen atoms in total. The highest BCUT2D eigenvalue weighted by Crippen LogP contribution is 2.08. The zero-order valence-corrected chi connectivity index (χ0v) is 9.24. The van der Waals surface area contributed by atoms with Crippen molar-refractivity contribution in [1.82, 2.24) is 4.90 Å². The second-order valence-corrected chi connectivity index (χ2v) is 3.88. The Balaban J connectivity index is 2.89. The van der Waals surface area contributed by atoms with E-state index in [0.29, 0.717) is 0 Å². The third kappa shape index (κ3) is 2.34. The zero-order valence-electron chi connectivity index (χ0n) is 9.24. The maximum Gasteiger partial charge on any atom is 0.253 e. The first kappa shape index (κ1) is 10.8. The van der Waals surface area contributed by atoms with Gasteiger partial charge in [0.2, 0.25) is 0 Å². The van der Waals surface area contributed by atoms with E-state index in [0.717, 1.165) is 11.1 Å². The lowest BCUT2D eigenvalue weighted by molar-refractivity contribution is 0.0755. The molecule has 0 aliphatic heterocycles. The summed E-state index contributed by atoms with van der Waals surface area (Å²) in [4.78, 5) is 13.6. The minimum Gasteiger partial charge on any atom is -0.339 e. The fourth-order valence-electron chi connectivity index (χ4n) is 1.22. The number of aryl methyl sites for hydroxylation is 1. The number of hydrogen-bond acceptors (Lipinski definition) is 1. The molecule has 0 saturated carbocycles. The number of nitrogens with zero attached hydrogens (tertiary/aromatic N) is 1. The quantitative estimate of drug-likeness (QED) is 0.703. The van der Waals surface area contributed by atoms with Gasteiger partial charge in [-0.1, -0.05) is 17.7 Å². The average molecular weight is 191 g/mol. The lowest BCUT2D eigenvalue weighted by Crippen LogP contribution is -2.32. The molecule has 1 amide bonds. The van der Waals surface area contributed by atoms with Crippen LogP contribution in [-0.4, -0.2) is 23.9 Å². The molecule has 0 spiro atoms. The first-order valence-electron chi connectivity index (χ1n) is 4.86. The largest absolute Gasteiger partial charge is 0.339 e. The van der Waals surface area contributed by atoms with Crippen molar-refractivity contribution in [3.63, 3.8) is 0 Å². The second kappa shape index (κ2) is 4.27. The van der Waals surface area contributed by atoms with Crippen LogP contribution in [0.25, 0.3) is 0 Å². The maximum absolute atomic E-state index is 11.9. The molecule has 0 aliphatic rings. The Morgan fingerprint density at radius 1 is 1.36 bits per heavy atom. The molecule has 0 bridgehead atoms. The summed E-state index contributed by atoms with van der Waals surface area (Å²) >= 11 is 0. The molecule has 14 heavy (non-hydrogen) atoms. The Morgan fingerprint density at radius 3 is 2.50 bits per heavy atom. The van der Waals surface area contributed by atoms with Gasteiger partial charge in [0.05, 0.1) is 0 Å². The lowest BCUT2D eigenvalue weighted by atomic mass is 10.1. The number of carbonyl (C=O) groups is 1. The van der Waals surface area contributed by atoms with E-state index in [1.807, 2.05) is 52.1 Å². The molecular formula is C12H17NO. The van der Waals surface area contributed by atoms with Gasteiger partial charge in [-0.25, -0.2) is 0 Å². The molecule has 2 heteroatoms. The molecule has 0 saturated heterocycles. The van der Waals surface area contributed by atoms with E-state index in [9.17, 15) is 4.79 Å². The normalized spacial score (nSPS) is 10.4. The molecule has 1 aromatic rings. The summed E-state index contributed by atoms with van der Waals surface area (Å²) < 4.78 is 0. The lowest BCUT2D eigenvalue weighted by Gasteiger charge is -2.21. The summed E-state index contributed by atoms with van der Waals surface area (Å²) in [7, 11) is 1.83. The van der Waals surface area contributed by atoms with Crippen molar-refractivity contribution in [3.05, 3.63) is 35.4 Å². The number of hydrogen-bond donors (Lipinski definition) is 0. The molecule has 1 rings (SSSR count). The standard InChI is InChI=1S/C12H17NO/c1-9(2)13(4)12(14)11-7-5-6-10(3)8-11/h5-9H,1-4H3. The summed E-state index contributed by atoms with van der Waals surface area (Å²) in [6.45, 7) is 6.01. The van der Waals surface area contributed by atoms with Crippen molar-refractivity contribution in [1.29, 1.82) is 0 Å². The van der Waals surface area contributed by atoms with Crippen molar-refractivity contribution >= 4 is 5.91 Å². The van der Waals surface area contributed by atoms with Crippen molar-refractivity contribution in [2.75, 3.05) is 7.05 Å². The molecule has 1 aromatic carbocycles. The molecule has 0 fully saturated rings. The monoisotopic (exact) mass is 191 g/mol. The summed E-state index contributed by atoms with van der Waals surface area (Å²) in [5.41, 5.74) is 1.88. The SMILES string of the molecule is Cc1cccc(C(=O)N(C)C(C)C)c1. The van der Waals surface area contributed by atoms with Gasteiger partial charge < -0.3 is 4.90 Å². The van der Waals surface area contributed by atoms with E-state index in [1.54, 1.807) is 4.90 Å². The highest BCUT2D eigenvalue weighted by Gasteiger charge is 2.13. The van der Waals surface area contributed by atoms with Crippen LogP contribution in [0.5, 0.6) is 0 Å². The maximum atomic E-state index is 11.9. The fraction of sp³-hybridized carbons (Fsp3) is 0.417. The Labute approximate surface area is 85.5 Å². The molecule has 0 radical (unpaired) electrons. The number of amides is 1. The van der Waals surface area contributed by atoms with Crippen LogP contribution in [0.15, 0.2) is 24.3 Å². The van der Waals surface area contributed by atoms with Gasteiger partial charge in [0.25, 0.3) is 5.91 Å². The third-order valence-corrected chi connectivity index (χ3v) is 2.36. The highest BCUT2D eigenvalue weighted by molar-refractivity contribution is 5.94. The average Bonchev–Trinajstić information content (AvgIpc) is 2.15. The Morgan fingerprint density at radius 2 is 2.00 bits per heavy atom. The van der Waals surface area contributed by atoms with E-state index >= 15 is 0 Å². The first-order chi connectivity index (χ1) is 6.52. The van der Waals surface area contributed by atoms with Crippen LogP contribution in [0.4, 0.5) is 0 Å². The van der Waals surface area contributed by atoms with E-state index in [4.69, 9.17) is 0 Å². The van der Waals surface area contributed by atoms with Crippen LogP contribution in [0.1, 0.15) is 29.8 Å². The van der Waals surface area contributed by atoms with Crippen molar-refractivity contribution in [2.45, 2.75) is 26.8 Å². The van der Waals surface area contributed by atoms with Gasteiger partial charge in [-0.05, 0) is 32.9 Å². The molecule has 0 unspecified atom stereocenters. The molecule has 0 N–H and O–H groups in total. The smallest absolute Gasteiger partial charge is 0.253 e. The molecule has 0 aromatic heterocycles. The molecule has 76 valence electrons. The van der Waals surface area contributed by atoms with Gasteiger partial charge in [-0.2, -0.15) is 0 Å². The van der Waals surface area contributed by atoms with E-state index in [1.165, 1.54) is 0 Å². The van der Waals surface area contributed by atoms with Gasteiger partial charge in [-0.3, -0.25) is 4.79 Å². The van der Waals surface area contributed by atoms with Crippen LogP contribution in [0, 0.1) is 6.92 Å². The minimum absolute atomic E-state index is 0.0868. The van der Waals surface area contributed by atoms with Crippen molar-refractivity contribution < 1.29 is 4.79 Å². The summed E-state index contributed by atoms with van der Waals surface area (Å²) in [6.07, 6.45) is 0. The van der Waals surface area contributed by atoms with Gasteiger partial charge >= 0.3 is 0 Å². The first-order valence-corrected chi connectivity index (χ1v) is 4.86. The van der Waals surface area contributed by atoms with Gasteiger partial charge in [0.15, 0.2) is 0 Å². The molecule has 0 atom stereocenters. The minimum atomic E-state index is 0.0868. The van der Waals surface area contributed by atoms with Crippen LogP contribution >= 0.6 is 0 Å². The van der Waals surface area contributed by atoms with Gasteiger partial charge in [0, 0.05) is 18.7 Å². The summed E-state index contributed by atoms with van der Waals surface area (Å²) in [5, 5.41) is 0. The highest BCUT2D eigenvalue weighted by atomic mass is 16.2. The Hall–Kier alpha value is -1.31. The molecular weight excluding hydrogens is 174 g/mol. The van der Waals surface area contributed by atoms with Crippen molar-refractivity contribution in [2.24, 2.45) is 0 Å². The molecule has 0 heterocycles. The topological polar surface area (TPSA) is 20.3 Å². The van der Waals surface area contributed by atoms with Crippen LogP contribution in [-0.2, 0) is 0 Å². The van der Waals surface area contributed by atoms with Gasteiger partial charge in [0.1, 0.15) is 0 Å². The van der Waals surface area contributed by atoms with Gasteiger partial charge in [-0.15, -0.1) is 0 Å². The van der Waals surface area contributed by atoms with Crippen molar-refractivity contribution in [3.8, 4) is 0 Å². The molecule has 0 aliphatic carbocycles. The second-order valence-electron chi connectivity index (χ2n) is 3.88. The number of benzene rings is 1. The predicted molar refractivity (Wildman–Crippen MR) is 58.4 cm³/mol. The Bertz CT molecular complexity index is 331. The number of rotatable bonds is 2.